The maximum atomic E-state index is 11.2. The summed E-state index contributed by atoms with van der Waals surface area (Å²) in [6.45, 7) is 4.34. The highest BCUT2D eigenvalue weighted by molar-refractivity contribution is 7.15. The van der Waals surface area contributed by atoms with E-state index < -0.39 is 11.9 Å². The molecule has 1 atom stereocenters. The van der Waals surface area contributed by atoms with Crippen LogP contribution in [0.3, 0.4) is 0 Å². The number of nitrogens with two attached hydrogens (primary N) is 1. The molecule has 31 heavy (non-hydrogen) atoms. The van der Waals surface area contributed by atoms with Crippen molar-refractivity contribution in [3.63, 3.8) is 0 Å². The van der Waals surface area contributed by atoms with Crippen LogP contribution in [0.1, 0.15) is 40.5 Å². The molecule has 4 N–H and O–H groups in total. The Balaban J connectivity index is 1.68. The second-order valence-corrected chi connectivity index (χ2v) is 8.53. The third-order valence-corrected chi connectivity index (χ3v) is 6.25. The van der Waals surface area contributed by atoms with Crippen LogP contribution >= 0.6 is 11.3 Å². The molecule has 0 spiro atoms. The molecule has 0 unspecified atom stereocenters. The smallest absolute Gasteiger partial charge is 0.304 e. The van der Waals surface area contributed by atoms with Crippen LogP contribution in [0.5, 0.6) is 5.75 Å². The van der Waals surface area contributed by atoms with Gasteiger partial charge in [-0.25, -0.2) is 4.98 Å². The SMILES string of the molecule is Cc1ccc(-c2nc(C)c(COc3ccc([C@H](CC(=O)O)C(=[NH2+])CCO)cc3)s2)cc1. The van der Waals surface area contributed by atoms with E-state index in [2.05, 4.69) is 36.2 Å². The topological polar surface area (TPSA) is 105 Å². The Bertz CT molecular complexity index is 1040. The number of carboxylic acids is 1. The maximum Gasteiger partial charge on any atom is 0.304 e. The van der Waals surface area contributed by atoms with Gasteiger partial charge in [0.25, 0.3) is 0 Å². The molecule has 0 aliphatic heterocycles. The standard InChI is InChI=1S/C24H26N2O4S/c1-15-3-5-18(6-4-15)24-26-16(2)22(31-24)14-30-19-9-7-17(8-10-19)20(13-23(28)29)21(25)11-12-27/h3-10,20,25,27H,11-14H2,1-2H3,(H,28,29)/p+1/t20-/m0/s1. The van der Waals surface area contributed by atoms with Gasteiger partial charge in [-0.15, -0.1) is 11.3 Å². The number of aryl methyl sites for hydroxylation is 2. The minimum atomic E-state index is -0.934. The third-order valence-electron chi connectivity index (χ3n) is 5.07. The summed E-state index contributed by atoms with van der Waals surface area (Å²) in [7, 11) is 0. The summed E-state index contributed by atoms with van der Waals surface area (Å²) >= 11 is 1.62. The summed E-state index contributed by atoms with van der Waals surface area (Å²) in [6.07, 6.45) is 0.151. The van der Waals surface area contributed by atoms with Crippen LogP contribution < -0.4 is 10.1 Å². The van der Waals surface area contributed by atoms with Crippen molar-refractivity contribution in [3.8, 4) is 16.3 Å². The number of aliphatic carboxylic acids is 1. The van der Waals surface area contributed by atoms with E-state index in [-0.39, 0.29) is 19.4 Å². The van der Waals surface area contributed by atoms with Crippen LogP contribution in [-0.4, -0.2) is 33.5 Å². The summed E-state index contributed by atoms with van der Waals surface area (Å²) in [5, 5.41) is 25.3. The number of hydrogen-bond donors (Lipinski definition) is 3. The van der Waals surface area contributed by atoms with Gasteiger partial charge in [-0.3, -0.25) is 10.2 Å². The van der Waals surface area contributed by atoms with Crippen LogP contribution in [0.15, 0.2) is 48.5 Å². The highest BCUT2D eigenvalue weighted by Crippen LogP contribution is 2.30. The summed E-state index contributed by atoms with van der Waals surface area (Å²) in [4.78, 5) is 16.9. The number of carbonyl (C=O) groups is 1. The third kappa shape index (κ3) is 5.99. The molecule has 0 bridgehead atoms. The molecular weight excluding hydrogens is 412 g/mol. The number of hydrogen-bond acceptors (Lipinski definition) is 5. The number of carboxylic acid groups (broad SMARTS) is 1. The molecule has 0 radical (unpaired) electrons. The average Bonchev–Trinajstić information content (AvgIpc) is 3.12. The molecule has 3 rings (SSSR count). The molecule has 0 fully saturated rings. The second-order valence-electron chi connectivity index (χ2n) is 7.45. The van der Waals surface area contributed by atoms with Crippen LogP contribution in [0.2, 0.25) is 0 Å². The van der Waals surface area contributed by atoms with E-state index in [0.717, 1.165) is 26.7 Å². The van der Waals surface area contributed by atoms with Gasteiger partial charge in [-0.1, -0.05) is 42.0 Å². The molecule has 3 aromatic rings. The molecule has 1 heterocycles. The van der Waals surface area contributed by atoms with E-state index in [0.29, 0.717) is 18.1 Å². The lowest BCUT2D eigenvalue weighted by Crippen LogP contribution is -2.44. The van der Waals surface area contributed by atoms with Gasteiger partial charge in [0, 0.05) is 5.56 Å². The Hall–Kier alpha value is -3.03. The van der Waals surface area contributed by atoms with E-state index >= 15 is 0 Å². The molecule has 0 aliphatic rings. The van der Waals surface area contributed by atoms with E-state index in [1.807, 2.05) is 31.2 Å². The van der Waals surface area contributed by atoms with Gasteiger partial charge in [0.15, 0.2) is 5.71 Å². The first-order valence-electron chi connectivity index (χ1n) is 10.1. The average molecular weight is 440 g/mol. The van der Waals surface area contributed by atoms with Gasteiger partial charge < -0.3 is 14.9 Å². The van der Waals surface area contributed by atoms with E-state index in [1.165, 1.54) is 5.56 Å². The number of aliphatic hydroxyl groups is 1. The van der Waals surface area contributed by atoms with Crippen molar-refractivity contribution < 1.29 is 25.2 Å². The fourth-order valence-electron chi connectivity index (χ4n) is 3.27. The summed E-state index contributed by atoms with van der Waals surface area (Å²) < 4.78 is 5.94. The molecule has 6 nitrogen and oxygen atoms in total. The zero-order valence-electron chi connectivity index (χ0n) is 17.7. The number of benzene rings is 2. The number of nitrogens with zero attached hydrogens (tertiary/aromatic N) is 1. The number of aliphatic hydroxyl groups excluding tert-OH is 1. The highest BCUT2D eigenvalue weighted by atomic mass is 32.1. The lowest BCUT2D eigenvalue weighted by molar-refractivity contribution is -0.139. The Kier molecular flexibility index (Phi) is 7.55. The Morgan fingerprint density at radius 3 is 2.42 bits per heavy atom. The minimum absolute atomic E-state index is 0.109. The normalized spacial score (nSPS) is 11.8. The van der Waals surface area contributed by atoms with Crippen LogP contribution in [0.4, 0.5) is 0 Å². The van der Waals surface area contributed by atoms with E-state index in [4.69, 9.17) is 15.3 Å². The fraction of sp³-hybridized carbons (Fsp3) is 0.292. The van der Waals surface area contributed by atoms with Crippen molar-refractivity contribution in [2.75, 3.05) is 6.61 Å². The minimum Gasteiger partial charge on any atom is -0.488 e. The van der Waals surface area contributed by atoms with Crippen molar-refractivity contribution >= 4 is 23.0 Å². The quantitative estimate of drug-likeness (QED) is 0.421. The van der Waals surface area contributed by atoms with Crippen molar-refractivity contribution in [1.82, 2.24) is 4.98 Å². The van der Waals surface area contributed by atoms with Gasteiger partial charge >= 0.3 is 5.97 Å². The largest absolute Gasteiger partial charge is 0.488 e. The van der Waals surface area contributed by atoms with Crippen LogP contribution in [0, 0.1) is 13.8 Å². The lowest BCUT2D eigenvalue weighted by atomic mass is 9.89. The molecule has 1 aromatic heterocycles. The number of ether oxygens (including phenoxy) is 1. The highest BCUT2D eigenvalue weighted by Gasteiger charge is 2.24. The first-order chi connectivity index (χ1) is 14.9. The fourth-order valence-corrected chi connectivity index (χ4v) is 4.25. The molecule has 7 heteroatoms. The summed E-state index contributed by atoms with van der Waals surface area (Å²) in [5.74, 6) is -0.695. The number of thiazole rings is 1. The lowest BCUT2D eigenvalue weighted by Gasteiger charge is -2.13. The van der Waals surface area contributed by atoms with E-state index in [1.54, 1.807) is 11.3 Å². The van der Waals surface area contributed by atoms with Crippen molar-refractivity contribution in [1.29, 1.82) is 0 Å². The molecule has 0 aliphatic carbocycles. The number of rotatable bonds is 10. The van der Waals surface area contributed by atoms with Crippen molar-refractivity contribution in [2.24, 2.45) is 0 Å². The Labute approximate surface area is 185 Å². The summed E-state index contributed by atoms with van der Waals surface area (Å²) in [6, 6.07) is 15.6. The molecule has 0 saturated carbocycles. The van der Waals surface area contributed by atoms with Crippen LogP contribution in [0.25, 0.3) is 10.6 Å². The van der Waals surface area contributed by atoms with Crippen LogP contribution in [-0.2, 0) is 11.4 Å². The Morgan fingerprint density at radius 2 is 1.81 bits per heavy atom. The molecule has 0 amide bonds. The van der Waals surface area contributed by atoms with E-state index in [9.17, 15) is 9.90 Å². The number of aromatic nitrogens is 1. The van der Waals surface area contributed by atoms with Gasteiger partial charge in [0.05, 0.1) is 35.9 Å². The predicted octanol–water partition coefficient (Wildman–Crippen LogP) is 3.15. The maximum absolute atomic E-state index is 11.2. The Morgan fingerprint density at radius 1 is 1.13 bits per heavy atom. The first-order valence-corrected chi connectivity index (χ1v) is 10.9. The predicted molar refractivity (Wildman–Crippen MR) is 121 cm³/mol. The van der Waals surface area contributed by atoms with Gasteiger partial charge in [-0.2, -0.15) is 0 Å². The second kappa shape index (κ2) is 10.3. The van der Waals surface area contributed by atoms with Crippen molar-refractivity contribution in [3.05, 3.63) is 70.2 Å². The van der Waals surface area contributed by atoms with Gasteiger partial charge in [0.1, 0.15) is 17.4 Å². The molecule has 2 aromatic carbocycles. The van der Waals surface area contributed by atoms with Crippen molar-refractivity contribution in [2.45, 2.75) is 39.2 Å². The first kappa shape index (κ1) is 22.7. The summed E-state index contributed by atoms with van der Waals surface area (Å²) in [5.41, 5.74) is 4.50. The van der Waals surface area contributed by atoms with Gasteiger partial charge in [0.2, 0.25) is 0 Å². The molecule has 0 saturated heterocycles. The zero-order valence-corrected chi connectivity index (χ0v) is 18.5. The molecular formula is C24H27N2O4S+. The molecule has 162 valence electrons. The van der Waals surface area contributed by atoms with Gasteiger partial charge in [-0.05, 0) is 31.5 Å². The zero-order chi connectivity index (χ0) is 22.4. The monoisotopic (exact) mass is 439 g/mol.